The van der Waals surface area contributed by atoms with E-state index in [1.165, 1.54) is 12.1 Å². The van der Waals surface area contributed by atoms with E-state index in [2.05, 4.69) is 0 Å². The van der Waals surface area contributed by atoms with Crippen molar-refractivity contribution in [2.75, 3.05) is 13.4 Å². The second kappa shape index (κ2) is 7.47. The molecule has 2 aromatic rings. The lowest BCUT2D eigenvalue weighted by Gasteiger charge is -2.32. The summed E-state index contributed by atoms with van der Waals surface area (Å²) in [7, 11) is 0. The highest BCUT2D eigenvalue weighted by atomic mass is 19.1. The number of ether oxygens (including phenoxy) is 3. The summed E-state index contributed by atoms with van der Waals surface area (Å²) < 4.78 is 30.4. The Morgan fingerprint density at radius 3 is 2.78 bits per heavy atom. The molecule has 6 heteroatoms. The van der Waals surface area contributed by atoms with Gasteiger partial charge in [-0.1, -0.05) is 18.9 Å². The van der Waals surface area contributed by atoms with Gasteiger partial charge in [0.15, 0.2) is 11.5 Å². The fraction of sp³-hybridized carbons (Fsp3) is 0.381. The fourth-order valence-corrected chi connectivity index (χ4v) is 3.95. The van der Waals surface area contributed by atoms with E-state index in [0.29, 0.717) is 23.9 Å². The molecule has 0 radical (unpaired) electrons. The number of carbonyl (C=O) groups is 1. The average molecular weight is 372 g/mol. The predicted octanol–water partition coefficient (Wildman–Crippen LogP) is 4.61. The lowest BCUT2D eigenvalue weighted by Crippen LogP contribution is -2.24. The summed E-state index contributed by atoms with van der Waals surface area (Å²) in [5, 5.41) is 9.20. The van der Waals surface area contributed by atoms with Crippen molar-refractivity contribution in [1.29, 1.82) is 0 Å². The van der Waals surface area contributed by atoms with Crippen LogP contribution in [0.2, 0.25) is 0 Å². The van der Waals surface area contributed by atoms with E-state index in [4.69, 9.17) is 14.2 Å². The van der Waals surface area contributed by atoms with Crippen LogP contribution in [0.25, 0.3) is 0 Å². The van der Waals surface area contributed by atoms with Gasteiger partial charge >= 0.3 is 5.97 Å². The van der Waals surface area contributed by atoms with E-state index < -0.39 is 11.8 Å². The monoisotopic (exact) mass is 372 g/mol. The zero-order valence-corrected chi connectivity index (χ0v) is 14.8. The standard InChI is InChI=1S/C21H21FO5/c22-18-7-5-13(9-17(18)21(23)24)16-4-2-1-3-14(16)11-25-15-6-8-19-20(10-15)27-12-26-19/h5-10,14,16H,1-4,11-12H2,(H,23,24)/t14-,16-/m0/s1. The maximum atomic E-state index is 13.7. The van der Waals surface area contributed by atoms with Crippen LogP contribution < -0.4 is 14.2 Å². The maximum Gasteiger partial charge on any atom is 0.338 e. The molecule has 0 amide bonds. The lowest BCUT2D eigenvalue weighted by molar-refractivity contribution is 0.0691. The van der Waals surface area contributed by atoms with E-state index in [-0.39, 0.29) is 24.2 Å². The quantitative estimate of drug-likeness (QED) is 0.831. The van der Waals surface area contributed by atoms with Crippen LogP contribution in [-0.4, -0.2) is 24.5 Å². The van der Waals surface area contributed by atoms with Crippen LogP contribution in [0.3, 0.4) is 0 Å². The van der Waals surface area contributed by atoms with Crippen LogP contribution in [0.5, 0.6) is 17.2 Å². The molecule has 1 fully saturated rings. The molecule has 5 nitrogen and oxygen atoms in total. The van der Waals surface area contributed by atoms with E-state index >= 15 is 0 Å². The molecule has 0 aromatic heterocycles. The van der Waals surface area contributed by atoms with Crippen molar-refractivity contribution >= 4 is 5.97 Å². The Morgan fingerprint density at radius 2 is 1.93 bits per heavy atom. The van der Waals surface area contributed by atoms with E-state index in [1.807, 2.05) is 18.2 Å². The number of carboxylic acids is 1. The van der Waals surface area contributed by atoms with E-state index in [0.717, 1.165) is 31.2 Å². The highest BCUT2D eigenvalue weighted by molar-refractivity contribution is 5.88. The molecule has 2 aromatic carbocycles. The van der Waals surface area contributed by atoms with Crippen molar-refractivity contribution < 1.29 is 28.5 Å². The smallest absolute Gasteiger partial charge is 0.338 e. The third-order valence-electron chi connectivity index (χ3n) is 5.37. The molecule has 2 aliphatic rings. The summed E-state index contributed by atoms with van der Waals surface area (Å²) in [6, 6.07) is 9.93. The van der Waals surface area contributed by atoms with Gasteiger partial charge in [-0.15, -0.1) is 0 Å². The zero-order chi connectivity index (χ0) is 18.8. The second-order valence-corrected chi connectivity index (χ2v) is 7.02. The lowest BCUT2D eigenvalue weighted by atomic mass is 9.75. The fourth-order valence-electron chi connectivity index (χ4n) is 3.95. The Hall–Kier alpha value is -2.76. The summed E-state index contributed by atoms with van der Waals surface area (Å²) in [5.74, 6) is 0.577. The third-order valence-corrected chi connectivity index (χ3v) is 5.37. The molecule has 2 atom stereocenters. The number of benzene rings is 2. The number of hydrogen-bond acceptors (Lipinski definition) is 4. The molecule has 0 bridgehead atoms. The van der Waals surface area contributed by atoms with Gasteiger partial charge in [0, 0.05) is 6.07 Å². The first-order valence-electron chi connectivity index (χ1n) is 9.17. The van der Waals surface area contributed by atoms with Crippen molar-refractivity contribution in [2.45, 2.75) is 31.6 Å². The highest BCUT2D eigenvalue weighted by Gasteiger charge is 2.28. The average Bonchev–Trinajstić information content (AvgIpc) is 3.14. The molecule has 142 valence electrons. The molecule has 4 rings (SSSR count). The molecule has 0 unspecified atom stereocenters. The van der Waals surface area contributed by atoms with Crippen LogP contribution in [0.4, 0.5) is 4.39 Å². The largest absolute Gasteiger partial charge is 0.493 e. The van der Waals surface area contributed by atoms with Crippen molar-refractivity contribution in [2.24, 2.45) is 5.92 Å². The van der Waals surface area contributed by atoms with E-state index in [9.17, 15) is 14.3 Å². The van der Waals surface area contributed by atoms with Crippen LogP contribution in [0.15, 0.2) is 36.4 Å². The molecule has 1 aliphatic heterocycles. The first-order chi connectivity index (χ1) is 13.1. The molecule has 0 saturated heterocycles. The van der Waals surface area contributed by atoms with Crippen molar-refractivity contribution in [1.82, 2.24) is 0 Å². The van der Waals surface area contributed by atoms with Gasteiger partial charge in [0.25, 0.3) is 0 Å². The predicted molar refractivity (Wildman–Crippen MR) is 96.1 cm³/mol. The summed E-state index contributed by atoms with van der Waals surface area (Å²) in [6.45, 7) is 0.740. The van der Waals surface area contributed by atoms with Crippen molar-refractivity contribution in [3.63, 3.8) is 0 Å². The molecular formula is C21H21FO5. The minimum atomic E-state index is -1.24. The Labute approximate surface area is 156 Å². The minimum Gasteiger partial charge on any atom is -0.493 e. The molecule has 1 heterocycles. The van der Waals surface area contributed by atoms with Crippen LogP contribution in [0.1, 0.15) is 47.5 Å². The van der Waals surface area contributed by atoms with Gasteiger partial charge < -0.3 is 19.3 Å². The van der Waals surface area contributed by atoms with Gasteiger partial charge in [-0.05, 0) is 54.5 Å². The van der Waals surface area contributed by atoms with Gasteiger partial charge in [-0.3, -0.25) is 0 Å². The summed E-state index contributed by atoms with van der Waals surface area (Å²) in [5.41, 5.74) is 0.598. The molecular weight excluding hydrogens is 351 g/mol. The zero-order valence-electron chi connectivity index (χ0n) is 14.8. The topological polar surface area (TPSA) is 65.0 Å². The number of hydrogen-bond donors (Lipinski definition) is 1. The van der Waals surface area contributed by atoms with Crippen molar-refractivity contribution in [3.8, 4) is 17.2 Å². The second-order valence-electron chi connectivity index (χ2n) is 7.02. The SMILES string of the molecule is O=C(O)c1cc([C@@H]2CCCC[C@H]2COc2ccc3c(c2)OCO3)ccc1F. The first-order valence-corrected chi connectivity index (χ1v) is 9.17. The highest BCUT2D eigenvalue weighted by Crippen LogP contribution is 2.40. The Bertz CT molecular complexity index is 850. The maximum absolute atomic E-state index is 13.7. The molecule has 27 heavy (non-hydrogen) atoms. The van der Waals surface area contributed by atoms with Crippen molar-refractivity contribution in [3.05, 3.63) is 53.3 Å². The van der Waals surface area contributed by atoms with E-state index in [1.54, 1.807) is 6.07 Å². The number of halogens is 1. The van der Waals surface area contributed by atoms with Gasteiger partial charge in [-0.2, -0.15) is 0 Å². The van der Waals surface area contributed by atoms with Crippen LogP contribution in [0, 0.1) is 11.7 Å². The van der Waals surface area contributed by atoms with Gasteiger partial charge in [0.2, 0.25) is 6.79 Å². The number of fused-ring (bicyclic) bond motifs is 1. The minimum absolute atomic E-state index is 0.159. The molecule has 1 saturated carbocycles. The Balaban J connectivity index is 1.49. The van der Waals surface area contributed by atoms with Crippen LogP contribution >= 0.6 is 0 Å². The number of aromatic carboxylic acids is 1. The number of rotatable bonds is 5. The van der Waals surface area contributed by atoms with Gasteiger partial charge in [0.1, 0.15) is 11.6 Å². The summed E-state index contributed by atoms with van der Waals surface area (Å²) in [4.78, 5) is 11.3. The van der Waals surface area contributed by atoms with Crippen LogP contribution in [-0.2, 0) is 0 Å². The van der Waals surface area contributed by atoms with Gasteiger partial charge in [0.05, 0.1) is 12.2 Å². The third kappa shape index (κ3) is 3.70. The summed E-state index contributed by atoms with van der Waals surface area (Å²) in [6.07, 6.45) is 4.12. The Morgan fingerprint density at radius 1 is 1.11 bits per heavy atom. The molecule has 0 spiro atoms. The molecule has 1 aliphatic carbocycles. The number of carboxylic acid groups (broad SMARTS) is 1. The van der Waals surface area contributed by atoms with Gasteiger partial charge in [-0.25, -0.2) is 9.18 Å². The summed E-state index contributed by atoms with van der Waals surface area (Å²) >= 11 is 0. The normalized spacial score (nSPS) is 21.1. The first kappa shape index (κ1) is 17.6. The Kier molecular flexibility index (Phi) is 4.88. The molecule has 1 N–H and O–H groups in total.